The monoisotopic (exact) mass is 311 g/mol. The first-order chi connectivity index (χ1) is 11.2. The maximum atomic E-state index is 11.2. The molecule has 1 N–H and O–H groups in total. The molecular formula is C19H25N3O. The molecule has 0 unspecified atom stereocenters. The zero-order valence-electron chi connectivity index (χ0n) is 14.6. The van der Waals surface area contributed by atoms with E-state index in [0.717, 1.165) is 27.5 Å². The lowest BCUT2D eigenvalue weighted by atomic mass is 10.1. The van der Waals surface area contributed by atoms with Gasteiger partial charge < -0.3 is 5.32 Å². The number of nitrogens with zero attached hydrogens (tertiary/aromatic N) is 2. The largest absolute Gasteiger partial charge is 0.326 e. The summed E-state index contributed by atoms with van der Waals surface area (Å²) in [5.74, 6) is -0.0941. The highest BCUT2D eigenvalue weighted by Crippen LogP contribution is 2.28. The smallest absolute Gasteiger partial charge is 0.221 e. The molecule has 0 radical (unpaired) electrons. The molecule has 4 heteroatoms. The van der Waals surface area contributed by atoms with Crippen LogP contribution in [0.2, 0.25) is 0 Å². The zero-order valence-corrected chi connectivity index (χ0v) is 14.6. The van der Waals surface area contributed by atoms with Crippen LogP contribution in [-0.4, -0.2) is 15.9 Å². The molecule has 0 bridgehead atoms. The van der Waals surface area contributed by atoms with Crippen molar-refractivity contribution in [2.75, 3.05) is 5.32 Å². The van der Waals surface area contributed by atoms with Crippen molar-refractivity contribution >= 4 is 33.4 Å². The maximum absolute atomic E-state index is 11.2. The van der Waals surface area contributed by atoms with Crippen LogP contribution in [0.3, 0.4) is 0 Å². The molecule has 0 aliphatic rings. The van der Waals surface area contributed by atoms with Crippen molar-refractivity contribution in [1.29, 1.82) is 0 Å². The molecule has 2 aromatic heterocycles. The predicted molar refractivity (Wildman–Crippen MR) is 98.7 cm³/mol. The summed E-state index contributed by atoms with van der Waals surface area (Å²) >= 11 is 0. The Morgan fingerprint density at radius 1 is 1.04 bits per heavy atom. The number of pyridine rings is 2. The Hall–Kier alpha value is -2.49. The number of rotatable bonds is 1. The Kier molecular flexibility index (Phi) is 7.67. The average molecular weight is 311 g/mol. The number of carbonyl (C=O) groups is 1. The minimum Gasteiger partial charge on any atom is -0.326 e. The molecule has 1 amide bonds. The molecule has 0 saturated carbocycles. The maximum Gasteiger partial charge on any atom is 0.221 e. The highest BCUT2D eigenvalue weighted by Gasteiger charge is 2.08. The Morgan fingerprint density at radius 3 is 2.22 bits per heavy atom. The molecule has 1 aromatic carbocycles. The molecule has 0 atom stereocenters. The zero-order chi connectivity index (χ0) is 17.2. The van der Waals surface area contributed by atoms with Gasteiger partial charge in [-0.15, -0.1) is 0 Å². The number of nitrogens with one attached hydrogen (secondary N) is 1. The number of carbonyl (C=O) groups excluding carboxylic acids is 1. The van der Waals surface area contributed by atoms with Gasteiger partial charge in [0, 0.05) is 30.1 Å². The van der Waals surface area contributed by atoms with Crippen LogP contribution in [0, 0.1) is 0 Å². The molecule has 4 nitrogen and oxygen atoms in total. The van der Waals surface area contributed by atoms with Gasteiger partial charge in [0.05, 0.1) is 16.7 Å². The normalized spacial score (nSPS) is 9.43. The first-order valence-corrected chi connectivity index (χ1v) is 8.07. The lowest BCUT2D eigenvalue weighted by molar-refractivity contribution is -0.114. The van der Waals surface area contributed by atoms with E-state index in [4.69, 9.17) is 0 Å². The number of hydrogen-bond acceptors (Lipinski definition) is 3. The van der Waals surface area contributed by atoms with E-state index in [-0.39, 0.29) is 5.91 Å². The van der Waals surface area contributed by atoms with Crippen molar-refractivity contribution in [3.8, 4) is 0 Å². The number of hydrogen-bond donors (Lipinski definition) is 1. The lowest BCUT2D eigenvalue weighted by Gasteiger charge is -2.09. The third-order valence-electron chi connectivity index (χ3n) is 2.77. The fourth-order valence-corrected chi connectivity index (χ4v) is 2.07. The van der Waals surface area contributed by atoms with Crippen LogP contribution in [0.5, 0.6) is 0 Å². The van der Waals surface area contributed by atoms with Crippen molar-refractivity contribution < 1.29 is 4.79 Å². The minimum absolute atomic E-state index is 0.0941. The Balaban J connectivity index is 0.000000477. The number of aromatic nitrogens is 2. The SMILES string of the molecule is CC.CC(=O)Nc1cc2cccnc2c2ncccc12.CCC. The van der Waals surface area contributed by atoms with Gasteiger partial charge in [-0.2, -0.15) is 0 Å². The minimum atomic E-state index is -0.0941. The Morgan fingerprint density at radius 2 is 1.61 bits per heavy atom. The summed E-state index contributed by atoms with van der Waals surface area (Å²) in [6, 6.07) is 9.54. The van der Waals surface area contributed by atoms with Crippen LogP contribution >= 0.6 is 0 Å². The van der Waals surface area contributed by atoms with E-state index in [1.54, 1.807) is 12.4 Å². The first-order valence-electron chi connectivity index (χ1n) is 8.07. The fraction of sp³-hybridized carbons (Fsp3) is 0.316. The molecule has 0 aliphatic heterocycles. The molecule has 0 saturated heterocycles. The average Bonchev–Trinajstić information content (AvgIpc) is 2.57. The molecule has 23 heavy (non-hydrogen) atoms. The van der Waals surface area contributed by atoms with E-state index >= 15 is 0 Å². The van der Waals surface area contributed by atoms with Crippen LogP contribution < -0.4 is 5.32 Å². The van der Waals surface area contributed by atoms with Gasteiger partial charge in [0.1, 0.15) is 0 Å². The number of fused-ring (bicyclic) bond motifs is 3. The summed E-state index contributed by atoms with van der Waals surface area (Å²) in [6.07, 6.45) is 4.72. The van der Waals surface area contributed by atoms with Gasteiger partial charge in [0.25, 0.3) is 0 Å². The molecule has 2 heterocycles. The van der Waals surface area contributed by atoms with Crippen molar-refractivity contribution in [2.45, 2.75) is 41.0 Å². The second-order valence-electron chi connectivity index (χ2n) is 4.79. The molecule has 0 aliphatic carbocycles. The van der Waals surface area contributed by atoms with Crippen LogP contribution in [0.1, 0.15) is 41.0 Å². The van der Waals surface area contributed by atoms with Crippen LogP contribution in [-0.2, 0) is 4.79 Å². The van der Waals surface area contributed by atoms with Gasteiger partial charge in [-0.1, -0.05) is 40.2 Å². The van der Waals surface area contributed by atoms with Crippen molar-refractivity contribution in [3.05, 3.63) is 42.7 Å². The molecular weight excluding hydrogens is 286 g/mol. The van der Waals surface area contributed by atoms with Crippen LogP contribution in [0.4, 0.5) is 5.69 Å². The number of amides is 1. The van der Waals surface area contributed by atoms with Crippen molar-refractivity contribution in [1.82, 2.24) is 9.97 Å². The molecule has 3 rings (SSSR count). The van der Waals surface area contributed by atoms with Gasteiger partial charge in [-0.3, -0.25) is 14.8 Å². The summed E-state index contributed by atoms with van der Waals surface area (Å²) in [5.41, 5.74) is 2.42. The van der Waals surface area contributed by atoms with E-state index < -0.39 is 0 Å². The molecule has 122 valence electrons. The standard InChI is InChI=1S/C14H11N3O.C3H8.C2H6/c1-9(18)17-12-8-10-4-2-6-15-13(10)14-11(12)5-3-7-16-14;1-3-2;1-2/h2-8H,1H3,(H,17,18);3H2,1-2H3;1-2H3. The quantitative estimate of drug-likeness (QED) is 0.630. The second-order valence-corrected chi connectivity index (χ2v) is 4.79. The van der Waals surface area contributed by atoms with Crippen molar-refractivity contribution in [3.63, 3.8) is 0 Å². The lowest BCUT2D eigenvalue weighted by Crippen LogP contribution is -2.06. The van der Waals surface area contributed by atoms with Crippen LogP contribution in [0.25, 0.3) is 21.8 Å². The highest BCUT2D eigenvalue weighted by molar-refractivity contribution is 6.11. The Labute approximate surface area is 138 Å². The van der Waals surface area contributed by atoms with Gasteiger partial charge in [-0.05, 0) is 24.3 Å². The number of benzene rings is 1. The van der Waals surface area contributed by atoms with Gasteiger partial charge in [0.2, 0.25) is 5.91 Å². The van der Waals surface area contributed by atoms with E-state index in [0.29, 0.717) is 0 Å². The van der Waals surface area contributed by atoms with Gasteiger partial charge in [-0.25, -0.2) is 0 Å². The molecule has 0 fully saturated rings. The van der Waals surface area contributed by atoms with E-state index in [1.165, 1.54) is 13.3 Å². The summed E-state index contributed by atoms with van der Waals surface area (Å²) in [7, 11) is 0. The summed E-state index contributed by atoms with van der Waals surface area (Å²) < 4.78 is 0. The van der Waals surface area contributed by atoms with E-state index in [1.807, 2.05) is 44.2 Å². The third kappa shape index (κ3) is 4.74. The molecule has 0 spiro atoms. The van der Waals surface area contributed by atoms with Gasteiger partial charge >= 0.3 is 0 Å². The van der Waals surface area contributed by atoms with Crippen LogP contribution in [0.15, 0.2) is 42.7 Å². The van der Waals surface area contributed by atoms with Gasteiger partial charge in [0.15, 0.2) is 0 Å². The first kappa shape index (κ1) is 18.6. The topological polar surface area (TPSA) is 54.9 Å². The molecule has 3 aromatic rings. The number of anilines is 1. The Bertz CT molecular complexity index is 769. The highest BCUT2D eigenvalue weighted by atomic mass is 16.1. The van der Waals surface area contributed by atoms with E-state index in [9.17, 15) is 4.79 Å². The second kappa shape index (κ2) is 9.51. The van der Waals surface area contributed by atoms with Crippen molar-refractivity contribution in [2.24, 2.45) is 0 Å². The fourth-order valence-electron chi connectivity index (χ4n) is 2.07. The summed E-state index contributed by atoms with van der Waals surface area (Å²) in [4.78, 5) is 20.0. The predicted octanol–water partition coefficient (Wildman–Crippen LogP) is 5.18. The van der Waals surface area contributed by atoms with E-state index in [2.05, 4.69) is 29.1 Å². The summed E-state index contributed by atoms with van der Waals surface area (Å²) in [5, 5.41) is 4.70. The third-order valence-corrected chi connectivity index (χ3v) is 2.77. The summed E-state index contributed by atoms with van der Waals surface area (Å²) in [6.45, 7) is 9.75.